The van der Waals surface area contributed by atoms with Crippen LogP contribution in [0, 0.1) is 32.1 Å². The minimum Gasteiger partial charge on any atom is -0.361 e. The second-order valence-corrected chi connectivity index (χ2v) is 8.21. The third kappa shape index (κ3) is 3.31. The van der Waals surface area contributed by atoms with E-state index in [1.807, 2.05) is 13.8 Å². The van der Waals surface area contributed by atoms with Crippen molar-refractivity contribution in [3.8, 4) is 17.2 Å². The summed E-state index contributed by atoms with van der Waals surface area (Å²) >= 11 is 0. The van der Waals surface area contributed by atoms with E-state index in [0.717, 1.165) is 65.2 Å². The zero-order valence-corrected chi connectivity index (χ0v) is 17.6. The molecule has 1 aliphatic carbocycles. The van der Waals surface area contributed by atoms with Crippen molar-refractivity contribution in [3.63, 3.8) is 0 Å². The van der Waals surface area contributed by atoms with Gasteiger partial charge < -0.3 is 9.42 Å². The second kappa shape index (κ2) is 7.40. The second-order valence-electron chi connectivity index (χ2n) is 8.21. The Kier molecular flexibility index (Phi) is 4.92. The van der Waals surface area contributed by atoms with Crippen LogP contribution in [0.4, 0.5) is 11.4 Å². The molecule has 3 aromatic rings. The molecule has 0 unspecified atom stereocenters. The molecule has 148 valence electrons. The van der Waals surface area contributed by atoms with Crippen molar-refractivity contribution >= 4 is 11.4 Å². The molecule has 29 heavy (non-hydrogen) atoms. The van der Waals surface area contributed by atoms with Gasteiger partial charge in [-0.05, 0) is 68.5 Å². The number of hydrogen-bond acceptors (Lipinski definition) is 4. The Bertz CT molecular complexity index is 1050. The summed E-state index contributed by atoms with van der Waals surface area (Å²) in [5.74, 6) is 0.836. The maximum atomic E-state index is 9.76. The third-order valence-electron chi connectivity index (χ3n) is 6.37. The van der Waals surface area contributed by atoms with E-state index >= 15 is 0 Å². The summed E-state index contributed by atoms with van der Waals surface area (Å²) in [6, 6.07) is 17.6. The molecule has 4 rings (SSSR count). The van der Waals surface area contributed by atoms with Crippen LogP contribution in [0.2, 0.25) is 0 Å². The highest BCUT2D eigenvalue weighted by Gasteiger charge is 2.35. The highest BCUT2D eigenvalue weighted by molar-refractivity contribution is 5.76. The minimum absolute atomic E-state index is 0.295. The van der Waals surface area contributed by atoms with Gasteiger partial charge in [0.05, 0.1) is 17.2 Å². The minimum atomic E-state index is -0.295. The molecule has 1 aromatic heterocycles. The van der Waals surface area contributed by atoms with Gasteiger partial charge in [-0.2, -0.15) is 5.26 Å². The zero-order chi connectivity index (χ0) is 20.6. The van der Waals surface area contributed by atoms with Crippen LogP contribution in [0.5, 0.6) is 0 Å². The van der Waals surface area contributed by atoms with Crippen LogP contribution >= 0.6 is 0 Å². The van der Waals surface area contributed by atoms with Crippen LogP contribution in [0.25, 0.3) is 11.1 Å². The molecule has 0 N–H and O–H groups in total. The molecule has 0 saturated heterocycles. The molecule has 0 radical (unpaired) electrons. The summed E-state index contributed by atoms with van der Waals surface area (Å²) in [7, 11) is 2.09. The fourth-order valence-corrected chi connectivity index (χ4v) is 4.61. The lowest BCUT2D eigenvalue weighted by Crippen LogP contribution is -2.19. The Balaban J connectivity index is 1.67. The highest BCUT2D eigenvalue weighted by atomic mass is 16.5. The first-order valence-corrected chi connectivity index (χ1v) is 10.2. The monoisotopic (exact) mass is 385 g/mol. The topological polar surface area (TPSA) is 53.1 Å². The number of rotatable bonds is 4. The predicted molar refractivity (Wildman–Crippen MR) is 116 cm³/mol. The van der Waals surface area contributed by atoms with Gasteiger partial charge >= 0.3 is 0 Å². The first kappa shape index (κ1) is 19.3. The lowest BCUT2D eigenvalue weighted by atomic mass is 9.80. The van der Waals surface area contributed by atoms with Crippen LogP contribution in [0.15, 0.2) is 47.0 Å². The molecule has 0 spiro atoms. The number of anilines is 2. The Morgan fingerprint density at radius 1 is 1.03 bits per heavy atom. The maximum absolute atomic E-state index is 9.76. The van der Waals surface area contributed by atoms with E-state index in [9.17, 15) is 5.26 Å². The standard InChI is InChI=1S/C25H27N3O/c1-17-7-8-20(24-18(2)27-29-19(24)3)15-23(17)28(4)22-11-9-21(10-12-22)25(16-26)13-5-6-14-25/h7-12,15H,5-6,13-14H2,1-4H3. The molecule has 1 saturated carbocycles. The molecule has 0 atom stereocenters. The van der Waals surface area contributed by atoms with Crippen molar-refractivity contribution in [1.29, 1.82) is 5.26 Å². The van der Waals surface area contributed by atoms with Gasteiger partial charge in [0, 0.05) is 24.0 Å². The van der Waals surface area contributed by atoms with Crippen LogP contribution in [-0.2, 0) is 5.41 Å². The zero-order valence-electron chi connectivity index (χ0n) is 17.6. The van der Waals surface area contributed by atoms with Crippen LogP contribution < -0.4 is 4.90 Å². The number of aryl methyl sites for hydroxylation is 3. The summed E-state index contributed by atoms with van der Waals surface area (Å²) in [6.07, 6.45) is 4.22. The molecule has 0 amide bonds. The van der Waals surface area contributed by atoms with Crippen LogP contribution in [-0.4, -0.2) is 12.2 Å². The molecule has 1 heterocycles. The lowest BCUT2D eigenvalue weighted by molar-refractivity contribution is 0.393. The lowest BCUT2D eigenvalue weighted by Gasteiger charge is -2.25. The smallest absolute Gasteiger partial charge is 0.141 e. The van der Waals surface area contributed by atoms with E-state index in [0.29, 0.717) is 0 Å². The largest absolute Gasteiger partial charge is 0.361 e. The van der Waals surface area contributed by atoms with Crippen LogP contribution in [0.1, 0.15) is 48.3 Å². The fourth-order valence-electron chi connectivity index (χ4n) is 4.61. The van der Waals surface area contributed by atoms with Gasteiger partial charge in [0.25, 0.3) is 0 Å². The van der Waals surface area contributed by atoms with Crippen molar-refractivity contribution in [3.05, 3.63) is 65.0 Å². The van der Waals surface area contributed by atoms with E-state index in [1.165, 1.54) is 5.56 Å². The van der Waals surface area contributed by atoms with Crippen molar-refractivity contribution in [2.45, 2.75) is 51.9 Å². The van der Waals surface area contributed by atoms with Gasteiger partial charge in [-0.3, -0.25) is 0 Å². The average molecular weight is 386 g/mol. The molecular weight excluding hydrogens is 358 g/mol. The number of nitrogens with zero attached hydrogens (tertiary/aromatic N) is 3. The van der Waals surface area contributed by atoms with Gasteiger partial charge in [-0.1, -0.05) is 42.3 Å². The molecular formula is C25H27N3O. The van der Waals surface area contributed by atoms with Crippen molar-refractivity contribution in [1.82, 2.24) is 5.16 Å². The summed E-state index contributed by atoms with van der Waals surface area (Å²) < 4.78 is 5.36. The number of hydrogen-bond donors (Lipinski definition) is 0. The van der Waals surface area contributed by atoms with Crippen molar-refractivity contribution in [2.75, 3.05) is 11.9 Å². The predicted octanol–water partition coefficient (Wildman–Crippen LogP) is 6.37. The number of aromatic nitrogens is 1. The Labute approximate surface area is 172 Å². The van der Waals surface area contributed by atoms with Crippen LogP contribution in [0.3, 0.4) is 0 Å². The summed E-state index contributed by atoms with van der Waals surface area (Å²) in [6.45, 7) is 6.05. The van der Waals surface area contributed by atoms with Crippen molar-refractivity contribution < 1.29 is 4.52 Å². The van der Waals surface area contributed by atoms with E-state index in [2.05, 4.69) is 72.6 Å². The summed E-state index contributed by atoms with van der Waals surface area (Å²) in [4.78, 5) is 2.20. The molecule has 1 fully saturated rings. The fraction of sp³-hybridized carbons (Fsp3) is 0.360. The van der Waals surface area contributed by atoms with Gasteiger partial charge in [0.1, 0.15) is 5.76 Å². The van der Waals surface area contributed by atoms with Gasteiger partial charge in [-0.15, -0.1) is 0 Å². The Morgan fingerprint density at radius 2 is 1.72 bits per heavy atom. The van der Waals surface area contributed by atoms with Gasteiger partial charge in [0.2, 0.25) is 0 Å². The third-order valence-corrected chi connectivity index (χ3v) is 6.37. The number of nitriles is 1. The SMILES string of the molecule is Cc1ccc(-c2c(C)noc2C)cc1N(C)c1ccc(C2(C#N)CCCC2)cc1. The average Bonchev–Trinajstić information content (AvgIpc) is 3.36. The van der Waals surface area contributed by atoms with Crippen molar-refractivity contribution in [2.24, 2.45) is 0 Å². The molecule has 4 heteroatoms. The summed E-state index contributed by atoms with van der Waals surface area (Å²) in [5, 5.41) is 13.9. The highest BCUT2D eigenvalue weighted by Crippen LogP contribution is 2.41. The van der Waals surface area contributed by atoms with E-state index in [1.54, 1.807) is 0 Å². The molecule has 0 bridgehead atoms. The normalized spacial score (nSPS) is 15.3. The first-order chi connectivity index (χ1) is 13.9. The van der Waals surface area contributed by atoms with Gasteiger partial charge in [-0.25, -0.2) is 0 Å². The molecule has 1 aliphatic rings. The Morgan fingerprint density at radius 3 is 2.31 bits per heavy atom. The first-order valence-electron chi connectivity index (χ1n) is 10.2. The van der Waals surface area contributed by atoms with E-state index < -0.39 is 0 Å². The number of benzene rings is 2. The molecule has 0 aliphatic heterocycles. The molecule has 4 nitrogen and oxygen atoms in total. The van der Waals surface area contributed by atoms with Gasteiger partial charge in [0.15, 0.2) is 0 Å². The maximum Gasteiger partial charge on any atom is 0.141 e. The molecule has 2 aromatic carbocycles. The quantitative estimate of drug-likeness (QED) is 0.523. The summed E-state index contributed by atoms with van der Waals surface area (Å²) in [5.41, 5.74) is 7.39. The Hall–Kier alpha value is -3.06. The van der Waals surface area contributed by atoms with E-state index in [-0.39, 0.29) is 5.41 Å². The van der Waals surface area contributed by atoms with E-state index in [4.69, 9.17) is 4.52 Å².